The molecule has 4 aromatic rings. The molecule has 198 valence electrons. The normalized spacial score (nSPS) is 11.8. The fraction of sp³-hybridized carbons (Fsp3) is 0.259. The van der Waals surface area contributed by atoms with Gasteiger partial charge in [0.15, 0.2) is 16.7 Å². The lowest BCUT2D eigenvalue weighted by molar-refractivity contribution is -0.479. The van der Waals surface area contributed by atoms with Crippen LogP contribution in [0.25, 0.3) is 5.69 Å². The van der Waals surface area contributed by atoms with Crippen LogP contribution >= 0.6 is 23.4 Å². The standard InChI is InChI=1S/C27H26ClFN4O4S/c1-4-36-24-14-20(13-23(28)26(24)37-16-19-8-6-9-21(29)12-19)25(15-32(34)35)38-27-31-30-18(3)33(27)22-10-5-7-17(2)11-22/h5-14,25H,4,15-16H2,1-3H3/t25-/m1/s1. The van der Waals surface area contributed by atoms with Crippen molar-refractivity contribution in [3.8, 4) is 17.2 Å². The molecule has 0 unspecified atom stereocenters. The summed E-state index contributed by atoms with van der Waals surface area (Å²) < 4.78 is 27.1. The highest BCUT2D eigenvalue weighted by atomic mass is 35.5. The summed E-state index contributed by atoms with van der Waals surface area (Å²) in [6.45, 7) is 5.65. The molecule has 11 heteroatoms. The molecular weight excluding hydrogens is 531 g/mol. The lowest BCUT2D eigenvalue weighted by Gasteiger charge is -2.19. The monoisotopic (exact) mass is 556 g/mol. The number of halogens is 2. The minimum absolute atomic E-state index is 0.0723. The molecule has 0 aliphatic rings. The van der Waals surface area contributed by atoms with Gasteiger partial charge in [0.2, 0.25) is 6.54 Å². The second-order valence-corrected chi connectivity index (χ2v) is 10.1. The molecule has 38 heavy (non-hydrogen) atoms. The summed E-state index contributed by atoms with van der Waals surface area (Å²) in [7, 11) is 0. The van der Waals surface area contributed by atoms with Crippen LogP contribution in [0.5, 0.6) is 11.5 Å². The SMILES string of the molecule is CCOc1cc([C@@H](C[N+](=O)[O-])Sc2nnc(C)n2-c2cccc(C)c2)cc(Cl)c1OCc1cccc(F)c1. The van der Waals surface area contributed by atoms with Crippen molar-refractivity contribution in [1.82, 2.24) is 14.8 Å². The van der Waals surface area contributed by atoms with Crippen LogP contribution in [0.3, 0.4) is 0 Å². The Labute approximate surface area is 228 Å². The Balaban J connectivity index is 1.67. The van der Waals surface area contributed by atoms with E-state index in [9.17, 15) is 14.5 Å². The quantitative estimate of drug-likeness (QED) is 0.114. The summed E-state index contributed by atoms with van der Waals surface area (Å²) in [6, 6.07) is 17.2. The third-order valence-corrected chi connectivity index (χ3v) is 7.05. The molecule has 0 aliphatic carbocycles. The van der Waals surface area contributed by atoms with Gasteiger partial charge in [0.1, 0.15) is 23.5 Å². The minimum atomic E-state index is -0.647. The molecule has 0 amide bonds. The van der Waals surface area contributed by atoms with Gasteiger partial charge in [0.05, 0.1) is 11.6 Å². The van der Waals surface area contributed by atoms with Gasteiger partial charge in [-0.05, 0) is 73.9 Å². The van der Waals surface area contributed by atoms with Crippen molar-refractivity contribution in [2.24, 2.45) is 0 Å². The maximum Gasteiger partial charge on any atom is 0.220 e. The Kier molecular flexibility index (Phi) is 8.85. The van der Waals surface area contributed by atoms with Crippen LogP contribution < -0.4 is 9.47 Å². The van der Waals surface area contributed by atoms with Gasteiger partial charge < -0.3 is 9.47 Å². The molecule has 0 aliphatic heterocycles. The summed E-state index contributed by atoms with van der Waals surface area (Å²) in [5.74, 6) is 0.917. The van der Waals surface area contributed by atoms with Crippen molar-refractivity contribution in [3.05, 3.63) is 104 Å². The molecule has 0 N–H and O–H groups in total. The van der Waals surface area contributed by atoms with Crippen LogP contribution in [0.4, 0.5) is 4.39 Å². The molecule has 1 aromatic heterocycles. The van der Waals surface area contributed by atoms with Crippen LogP contribution in [0.1, 0.15) is 34.7 Å². The second-order valence-electron chi connectivity index (χ2n) is 8.51. The Bertz CT molecular complexity index is 1450. The van der Waals surface area contributed by atoms with E-state index >= 15 is 0 Å². The van der Waals surface area contributed by atoms with Gasteiger partial charge in [-0.25, -0.2) is 4.39 Å². The van der Waals surface area contributed by atoms with Gasteiger partial charge in [-0.15, -0.1) is 10.2 Å². The van der Waals surface area contributed by atoms with E-state index < -0.39 is 5.25 Å². The highest BCUT2D eigenvalue weighted by molar-refractivity contribution is 7.99. The average molecular weight is 557 g/mol. The molecule has 8 nitrogen and oxygen atoms in total. The number of benzene rings is 3. The molecule has 0 radical (unpaired) electrons. The average Bonchev–Trinajstić information content (AvgIpc) is 3.22. The number of rotatable bonds is 11. The van der Waals surface area contributed by atoms with Gasteiger partial charge in [-0.3, -0.25) is 14.7 Å². The second kappa shape index (κ2) is 12.3. The first-order valence-corrected chi connectivity index (χ1v) is 13.1. The molecule has 1 heterocycles. The summed E-state index contributed by atoms with van der Waals surface area (Å²) in [4.78, 5) is 11.3. The lowest BCUT2D eigenvalue weighted by atomic mass is 10.1. The van der Waals surface area contributed by atoms with E-state index in [-0.39, 0.29) is 34.7 Å². The molecule has 1 atom stereocenters. The molecule has 0 saturated carbocycles. The van der Waals surface area contributed by atoms with E-state index in [1.165, 1.54) is 23.9 Å². The van der Waals surface area contributed by atoms with Crippen molar-refractivity contribution < 1.29 is 18.8 Å². The minimum Gasteiger partial charge on any atom is -0.490 e. The predicted octanol–water partition coefficient (Wildman–Crippen LogP) is 6.76. The molecule has 0 saturated heterocycles. The topological polar surface area (TPSA) is 92.3 Å². The van der Waals surface area contributed by atoms with E-state index in [1.807, 2.05) is 49.6 Å². The van der Waals surface area contributed by atoms with Gasteiger partial charge >= 0.3 is 0 Å². The Morgan fingerprint density at radius 3 is 2.61 bits per heavy atom. The molecule has 0 fully saturated rings. The fourth-order valence-corrected chi connectivity index (χ4v) is 5.34. The zero-order valence-corrected chi connectivity index (χ0v) is 22.6. The summed E-state index contributed by atoms with van der Waals surface area (Å²) >= 11 is 7.83. The van der Waals surface area contributed by atoms with E-state index in [0.29, 0.717) is 34.5 Å². The maximum atomic E-state index is 13.6. The van der Waals surface area contributed by atoms with Crippen LogP contribution in [0.2, 0.25) is 5.02 Å². The molecule has 0 bridgehead atoms. The van der Waals surface area contributed by atoms with Gasteiger partial charge in [0, 0.05) is 10.6 Å². The van der Waals surface area contributed by atoms with Crippen LogP contribution in [-0.4, -0.2) is 32.8 Å². The van der Waals surface area contributed by atoms with Gasteiger partial charge in [-0.2, -0.15) is 0 Å². The van der Waals surface area contributed by atoms with Gasteiger partial charge in [0.25, 0.3) is 0 Å². The number of thioether (sulfide) groups is 1. The van der Waals surface area contributed by atoms with E-state index in [0.717, 1.165) is 11.3 Å². The lowest BCUT2D eigenvalue weighted by Crippen LogP contribution is -2.12. The number of nitrogens with zero attached hydrogens (tertiary/aromatic N) is 4. The molecule has 0 spiro atoms. The first kappa shape index (κ1) is 27.4. The number of hydrogen-bond acceptors (Lipinski definition) is 7. The number of ether oxygens (including phenoxy) is 2. The summed E-state index contributed by atoms with van der Waals surface area (Å²) in [6.07, 6.45) is 0. The summed E-state index contributed by atoms with van der Waals surface area (Å²) in [5, 5.41) is 20.3. The third-order valence-electron chi connectivity index (χ3n) is 5.59. The first-order chi connectivity index (χ1) is 18.2. The summed E-state index contributed by atoms with van der Waals surface area (Å²) in [5.41, 5.74) is 3.13. The largest absolute Gasteiger partial charge is 0.490 e. The predicted molar refractivity (Wildman–Crippen MR) is 145 cm³/mol. The first-order valence-electron chi connectivity index (χ1n) is 11.9. The highest BCUT2D eigenvalue weighted by Gasteiger charge is 2.26. The molecular formula is C27H26ClFN4O4S. The van der Waals surface area contributed by atoms with Crippen molar-refractivity contribution in [2.45, 2.75) is 37.8 Å². The van der Waals surface area contributed by atoms with Crippen LogP contribution in [-0.2, 0) is 6.61 Å². The van der Waals surface area contributed by atoms with E-state index in [1.54, 1.807) is 24.3 Å². The zero-order chi connectivity index (χ0) is 27.2. The van der Waals surface area contributed by atoms with E-state index in [4.69, 9.17) is 21.1 Å². The number of nitro groups is 1. The Morgan fingerprint density at radius 2 is 1.89 bits per heavy atom. The van der Waals surface area contributed by atoms with Crippen molar-refractivity contribution in [2.75, 3.05) is 13.2 Å². The van der Waals surface area contributed by atoms with Gasteiger partial charge in [-0.1, -0.05) is 47.6 Å². The van der Waals surface area contributed by atoms with Crippen molar-refractivity contribution >= 4 is 23.4 Å². The smallest absolute Gasteiger partial charge is 0.220 e. The highest BCUT2D eigenvalue weighted by Crippen LogP contribution is 2.43. The molecule has 4 rings (SSSR count). The van der Waals surface area contributed by atoms with Crippen molar-refractivity contribution in [3.63, 3.8) is 0 Å². The maximum absolute atomic E-state index is 13.6. The Hall–Kier alpha value is -3.63. The number of aromatic nitrogens is 3. The van der Waals surface area contributed by atoms with Crippen molar-refractivity contribution in [1.29, 1.82) is 0 Å². The number of aryl methyl sites for hydroxylation is 2. The third kappa shape index (κ3) is 6.62. The van der Waals surface area contributed by atoms with E-state index in [2.05, 4.69) is 10.2 Å². The number of hydrogen-bond donors (Lipinski definition) is 0. The van der Waals surface area contributed by atoms with Crippen LogP contribution in [0, 0.1) is 29.8 Å². The van der Waals surface area contributed by atoms with Crippen LogP contribution in [0.15, 0.2) is 65.8 Å². The fourth-order valence-electron chi connectivity index (χ4n) is 3.92. The Morgan fingerprint density at radius 1 is 1.11 bits per heavy atom. The molecule has 3 aromatic carbocycles. The zero-order valence-electron chi connectivity index (χ0n) is 21.1.